The molecule has 0 aromatic rings. The molecule has 0 bridgehead atoms. The quantitative estimate of drug-likeness (QED) is 0.424. The first-order valence-corrected chi connectivity index (χ1v) is 6.68. The molecule has 0 aromatic heterocycles. The van der Waals surface area contributed by atoms with Gasteiger partial charge in [0, 0.05) is 5.92 Å². The van der Waals surface area contributed by atoms with Gasteiger partial charge in [0.15, 0.2) is 0 Å². The lowest BCUT2D eigenvalue weighted by Gasteiger charge is -2.25. The van der Waals surface area contributed by atoms with Crippen LogP contribution in [0.4, 0.5) is 0 Å². The molecule has 100 valence electrons. The molecule has 0 unspecified atom stereocenters. The summed E-state index contributed by atoms with van der Waals surface area (Å²) in [5.41, 5.74) is 1.09. The van der Waals surface area contributed by atoms with Gasteiger partial charge in [-0.2, -0.15) is 0 Å². The van der Waals surface area contributed by atoms with Crippen LogP contribution >= 0.6 is 11.6 Å². The molecule has 0 radical (unpaired) electrons. The maximum atomic E-state index is 10.7. The molecule has 3 heteroatoms. The predicted molar refractivity (Wildman–Crippen MR) is 75.4 cm³/mol. The average Bonchev–Trinajstić information content (AvgIpc) is 2.39. The maximum absolute atomic E-state index is 10.7. The minimum absolute atomic E-state index is 0.248. The minimum Gasteiger partial charge on any atom is -0.496 e. The van der Waals surface area contributed by atoms with Crippen LogP contribution in [0.25, 0.3) is 0 Å². The van der Waals surface area contributed by atoms with Gasteiger partial charge in [0.25, 0.3) is 0 Å². The summed E-state index contributed by atoms with van der Waals surface area (Å²) in [6.45, 7) is 5.89. The zero-order valence-corrected chi connectivity index (χ0v) is 11.9. The Kier molecular flexibility index (Phi) is 6.20. The number of allylic oxidation sites excluding steroid dienone is 4. The molecule has 1 fully saturated rings. The highest BCUT2D eigenvalue weighted by molar-refractivity contribution is 6.29. The van der Waals surface area contributed by atoms with Crippen LogP contribution in [0.5, 0.6) is 0 Å². The second-order valence-electron chi connectivity index (χ2n) is 4.76. The molecule has 1 rings (SSSR count). The maximum Gasteiger partial charge on any atom is 0.133 e. The summed E-state index contributed by atoms with van der Waals surface area (Å²) in [7, 11) is 1.60. The first-order valence-electron chi connectivity index (χ1n) is 6.31. The van der Waals surface area contributed by atoms with Crippen molar-refractivity contribution in [2.45, 2.75) is 32.6 Å². The first kappa shape index (κ1) is 15.0. The molecule has 0 atom stereocenters. The summed E-state index contributed by atoms with van der Waals surface area (Å²) in [4.78, 5) is 10.7. The zero-order chi connectivity index (χ0) is 13.5. The fraction of sp³-hybridized carbons (Fsp3) is 0.533. The molecule has 1 saturated carbocycles. The highest BCUT2D eigenvalue weighted by Crippen LogP contribution is 2.32. The van der Waals surface area contributed by atoms with Crippen LogP contribution in [0.1, 0.15) is 32.6 Å². The largest absolute Gasteiger partial charge is 0.496 e. The van der Waals surface area contributed by atoms with Crippen LogP contribution in [0.3, 0.4) is 0 Å². The van der Waals surface area contributed by atoms with E-state index in [9.17, 15) is 4.79 Å². The Labute approximate surface area is 114 Å². The van der Waals surface area contributed by atoms with E-state index in [-0.39, 0.29) is 5.92 Å². The number of carbonyl (C=O) groups excluding carboxylic acids is 1. The van der Waals surface area contributed by atoms with Crippen molar-refractivity contribution in [1.29, 1.82) is 0 Å². The summed E-state index contributed by atoms with van der Waals surface area (Å²) in [5, 5.41) is 0.631. The molecule has 0 saturated heterocycles. The van der Waals surface area contributed by atoms with Crippen LogP contribution in [-0.4, -0.2) is 13.4 Å². The van der Waals surface area contributed by atoms with E-state index in [1.54, 1.807) is 14.0 Å². The Balaban J connectivity index is 2.54. The van der Waals surface area contributed by atoms with Crippen molar-refractivity contribution in [2.75, 3.05) is 7.11 Å². The normalized spacial score (nSPS) is 25.7. The molecule has 0 spiro atoms. The lowest BCUT2D eigenvalue weighted by atomic mass is 9.79. The molecule has 0 N–H and O–H groups in total. The van der Waals surface area contributed by atoms with E-state index in [4.69, 9.17) is 16.3 Å². The fourth-order valence-electron chi connectivity index (χ4n) is 2.27. The lowest BCUT2D eigenvalue weighted by Crippen LogP contribution is -2.16. The van der Waals surface area contributed by atoms with E-state index >= 15 is 0 Å². The second-order valence-corrected chi connectivity index (χ2v) is 5.32. The van der Waals surface area contributed by atoms with Crippen LogP contribution in [-0.2, 0) is 9.53 Å². The number of rotatable bonds is 5. The first-order chi connectivity index (χ1) is 8.58. The van der Waals surface area contributed by atoms with Crippen molar-refractivity contribution in [2.24, 2.45) is 11.8 Å². The molecule has 0 aromatic carbocycles. The van der Waals surface area contributed by atoms with Gasteiger partial charge in [-0.3, -0.25) is 0 Å². The van der Waals surface area contributed by atoms with Crippen LogP contribution in [0.15, 0.2) is 35.1 Å². The summed E-state index contributed by atoms with van der Waals surface area (Å²) in [5.74, 6) is 1.39. The van der Waals surface area contributed by atoms with E-state index < -0.39 is 0 Å². The molecule has 0 amide bonds. The van der Waals surface area contributed by atoms with Gasteiger partial charge < -0.3 is 9.53 Å². The third-order valence-corrected chi connectivity index (χ3v) is 3.68. The predicted octanol–water partition coefficient (Wildman–Crippen LogP) is 4.22. The monoisotopic (exact) mass is 268 g/mol. The minimum atomic E-state index is 0.248. The van der Waals surface area contributed by atoms with E-state index in [2.05, 4.69) is 6.58 Å². The highest BCUT2D eigenvalue weighted by atomic mass is 35.5. The van der Waals surface area contributed by atoms with Crippen molar-refractivity contribution in [3.8, 4) is 0 Å². The molecule has 18 heavy (non-hydrogen) atoms. The molecule has 1 aliphatic carbocycles. The highest BCUT2D eigenvalue weighted by Gasteiger charge is 2.21. The van der Waals surface area contributed by atoms with Crippen molar-refractivity contribution < 1.29 is 9.53 Å². The Morgan fingerprint density at radius 1 is 1.28 bits per heavy atom. The third-order valence-electron chi connectivity index (χ3n) is 3.50. The average molecular weight is 269 g/mol. The molecular formula is C15H21ClO2. The summed E-state index contributed by atoms with van der Waals surface area (Å²) < 4.78 is 5.16. The fourth-order valence-corrected chi connectivity index (χ4v) is 2.41. The molecular weight excluding hydrogens is 248 g/mol. The number of methoxy groups -OCH3 is 1. The van der Waals surface area contributed by atoms with Crippen molar-refractivity contribution in [3.05, 3.63) is 35.1 Å². The third kappa shape index (κ3) is 4.34. The van der Waals surface area contributed by atoms with Crippen molar-refractivity contribution in [3.63, 3.8) is 0 Å². The molecule has 1 aliphatic rings. The van der Waals surface area contributed by atoms with Gasteiger partial charge in [0.2, 0.25) is 0 Å². The lowest BCUT2D eigenvalue weighted by molar-refractivity contribution is -0.112. The number of ether oxygens (including phenoxy) is 1. The smallest absolute Gasteiger partial charge is 0.133 e. The summed E-state index contributed by atoms with van der Waals surface area (Å²) in [6.07, 6.45) is 8.94. The van der Waals surface area contributed by atoms with E-state index in [1.807, 2.05) is 12.2 Å². The van der Waals surface area contributed by atoms with Gasteiger partial charge in [-0.15, -0.1) is 0 Å². The number of aldehydes is 1. The van der Waals surface area contributed by atoms with Crippen LogP contribution in [0, 0.1) is 11.8 Å². The Bertz CT molecular complexity index is 357. The van der Waals surface area contributed by atoms with Crippen LogP contribution < -0.4 is 0 Å². The van der Waals surface area contributed by atoms with Gasteiger partial charge in [-0.05, 0) is 44.6 Å². The number of carbonyl (C=O) groups is 1. The van der Waals surface area contributed by atoms with E-state index in [0.717, 1.165) is 37.5 Å². The van der Waals surface area contributed by atoms with Gasteiger partial charge in [-0.1, -0.05) is 29.8 Å². The van der Waals surface area contributed by atoms with Crippen molar-refractivity contribution >= 4 is 17.9 Å². The Morgan fingerprint density at radius 2 is 1.89 bits per heavy atom. The number of halogens is 1. The topological polar surface area (TPSA) is 26.3 Å². The number of hydrogen-bond acceptors (Lipinski definition) is 2. The Morgan fingerprint density at radius 3 is 2.33 bits per heavy atom. The van der Waals surface area contributed by atoms with Gasteiger partial charge in [-0.25, -0.2) is 0 Å². The SMILES string of the molecule is C=C(/C=C\C(OC)=C(/C)Cl)[C@H]1CC[C@H](C=O)CC1. The summed E-state index contributed by atoms with van der Waals surface area (Å²) in [6, 6.07) is 0. The zero-order valence-electron chi connectivity index (χ0n) is 11.1. The Hall–Kier alpha value is -1.02. The molecule has 0 aliphatic heterocycles. The number of hydrogen-bond donors (Lipinski definition) is 0. The summed E-state index contributed by atoms with van der Waals surface area (Å²) >= 11 is 5.89. The standard InChI is InChI=1S/C15H21ClO2/c1-11(4-9-15(18-3)12(2)16)14-7-5-13(10-17)6-8-14/h4,9-10,13-14H,1,5-8H2,2-3H3/b9-4-,15-12-/t13-,14-. The molecule has 2 nitrogen and oxygen atoms in total. The molecule has 0 heterocycles. The van der Waals surface area contributed by atoms with E-state index in [1.165, 1.54) is 0 Å². The van der Waals surface area contributed by atoms with Crippen LogP contribution in [0.2, 0.25) is 0 Å². The second kappa shape index (κ2) is 7.42. The van der Waals surface area contributed by atoms with Gasteiger partial charge in [0.05, 0.1) is 12.1 Å². The van der Waals surface area contributed by atoms with E-state index in [0.29, 0.717) is 16.7 Å². The van der Waals surface area contributed by atoms with Gasteiger partial charge in [0.1, 0.15) is 12.0 Å². The van der Waals surface area contributed by atoms with Crippen molar-refractivity contribution in [1.82, 2.24) is 0 Å². The van der Waals surface area contributed by atoms with Gasteiger partial charge >= 0.3 is 0 Å².